The third kappa shape index (κ3) is 5.14. The standard InChI is InChI=1S/C4H13O4PSi/c1-8-10(2,3)4-9(5,6)7/h4H2,1-3H3,(H2,5,6,7). The Morgan fingerprint density at radius 2 is 1.90 bits per heavy atom. The van der Waals surface area contributed by atoms with E-state index in [1.807, 2.05) is 0 Å². The second-order valence-electron chi connectivity index (χ2n) is 2.79. The first kappa shape index (κ1) is 10.3. The third-order valence-electron chi connectivity index (χ3n) is 1.14. The Hall–Kier alpha value is 0.327. The Kier molecular flexibility index (Phi) is 3.25. The molecule has 0 bridgehead atoms. The summed E-state index contributed by atoms with van der Waals surface area (Å²) in [5, 5.41) is 0. The van der Waals surface area contributed by atoms with Crippen LogP contribution in [-0.4, -0.2) is 31.0 Å². The Balaban J connectivity index is 4.02. The molecule has 10 heavy (non-hydrogen) atoms. The van der Waals surface area contributed by atoms with E-state index in [1.165, 1.54) is 7.11 Å². The lowest BCUT2D eigenvalue weighted by Crippen LogP contribution is -2.33. The summed E-state index contributed by atoms with van der Waals surface area (Å²) in [6.07, 6.45) is 0. The Morgan fingerprint density at radius 1 is 1.50 bits per heavy atom. The van der Waals surface area contributed by atoms with Crippen molar-refractivity contribution in [3.05, 3.63) is 0 Å². The number of hydrogen-bond donors (Lipinski definition) is 2. The predicted molar refractivity (Wildman–Crippen MR) is 41.4 cm³/mol. The van der Waals surface area contributed by atoms with Crippen molar-refractivity contribution >= 4 is 15.9 Å². The minimum atomic E-state index is -3.87. The molecule has 4 nitrogen and oxygen atoms in total. The van der Waals surface area contributed by atoms with Gasteiger partial charge in [0.2, 0.25) is 0 Å². The van der Waals surface area contributed by atoms with Crippen LogP contribution in [0.3, 0.4) is 0 Å². The molecular formula is C4H13O4PSi. The SMILES string of the molecule is CO[Si](C)(C)CP(=O)(O)O. The van der Waals surface area contributed by atoms with Gasteiger partial charge in [-0.1, -0.05) is 0 Å². The molecule has 0 unspecified atom stereocenters. The fraction of sp³-hybridized carbons (Fsp3) is 1.00. The van der Waals surface area contributed by atoms with E-state index in [0.29, 0.717) is 0 Å². The zero-order valence-electron chi connectivity index (χ0n) is 6.37. The monoisotopic (exact) mass is 184 g/mol. The van der Waals surface area contributed by atoms with Crippen LogP contribution in [0.15, 0.2) is 0 Å². The number of rotatable bonds is 3. The van der Waals surface area contributed by atoms with Crippen LogP contribution in [0.1, 0.15) is 0 Å². The van der Waals surface area contributed by atoms with Crippen LogP contribution in [0, 0.1) is 0 Å². The highest BCUT2D eigenvalue weighted by atomic mass is 31.2. The van der Waals surface area contributed by atoms with Crippen molar-refractivity contribution in [3.8, 4) is 0 Å². The van der Waals surface area contributed by atoms with Crippen LogP contribution in [0.25, 0.3) is 0 Å². The van der Waals surface area contributed by atoms with Gasteiger partial charge >= 0.3 is 7.60 Å². The average Bonchev–Trinajstić information content (AvgIpc) is 1.60. The Morgan fingerprint density at radius 3 is 2.00 bits per heavy atom. The molecule has 0 radical (unpaired) electrons. The summed E-state index contributed by atoms with van der Waals surface area (Å²) in [6.45, 7) is 3.54. The lowest BCUT2D eigenvalue weighted by molar-refractivity contribution is 0.368. The van der Waals surface area contributed by atoms with Crippen molar-refractivity contribution in [2.75, 3.05) is 12.9 Å². The third-order valence-corrected chi connectivity index (χ3v) is 6.94. The smallest absolute Gasteiger partial charge is 0.325 e. The second-order valence-corrected chi connectivity index (χ2v) is 9.31. The molecule has 2 N–H and O–H groups in total. The minimum Gasteiger partial charge on any atom is -0.420 e. The van der Waals surface area contributed by atoms with Crippen LogP contribution in [-0.2, 0) is 8.99 Å². The Bertz CT molecular complexity index is 151. The second kappa shape index (κ2) is 3.15. The van der Waals surface area contributed by atoms with Gasteiger partial charge in [0.25, 0.3) is 0 Å². The molecule has 0 heterocycles. The van der Waals surface area contributed by atoms with E-state index < -0.39 is 15.9 Å². The van der Waals surface area contributed by atoms with E-state index in [0.717, 1.165) is 0 Å². The molecule has 0 aromatic heterocycles. The summed E-state index contributed by atoms with van der Waals surface area (Å²) in [5.74, 6) is -0.101. The molecule has 0 spiro atoms. The zero-order chi connectivity index (χ0) is 8.41. The van der Waals surface area contributed by atoms with E-state index in [1.54, 1.807) is 13.1 Å². The molecule has 62 valence electrons. The van der Waals surface area contributed by atoms with E-state index in [4.69, 9.17) is 14.2 Å². The van der Waals surface area contributed by atoms with Crippen molar-refractivity contribution in [2.24, 2.45) is 0 Å². The molecule has 0 fully saturated rings. The van der Waals surface area contributed by atoms with Crippen molar-refractivity contribution in [2.45, 2.75) is 13.1 Å². The van der Waals surface area contributed by atoms with Gasteiger partial charge in [0.05, 0.1) is 5.79 Å². The Labute approximate surface area is 61.5 Å². The summed E-state index contributed by atoms with van der Waals surface area (Å²) in [6, 6.07) is 0. The topological polar surface area (TPSA) is 66.8 Å². The van der Waals surface area contributed by atoms with Gasteiger partial charge in [-0.05, 0) is 13.1 Å². The maximum absolute atomic E-state index is 10.5. The van der Waals surface area contributed by atoms with Gasteiger partial charge < -0.3 is 14.2 Å². The molecule has 0 rings (SSSR count). The minimum absolute atomic E-state index is 0.101. The van der Waals surface area contributed by atoms with Gasteiger partial charge in [0.15, 0.2) is 8.32 Å². The van der Waals surface area contributed by atoms with E-state index in [9.17, 15) is 4.57 Å². The fourth-order valence-corrected chi connectivity index (χ4v) is 5.05. The summed E-state index contributed by atoms with van der Waals surface area (Å²) in [7, 11) is -4.45. The molecule has 0 aromatic rings. The first-order valence-electron chi connectivity index (χ1n) is 2.86. The van der Waals surface area contributed by atoms with E-state index in [2.05, 4.69) is 0 Å². The molecule has 0 aliphatic carbocycles. The summed E-state index contributed by atoms with van der Waals surface area (Å²) < 4.78 is 15.4. The quantitative estimate of drug-likeness (QED) is 0.496. The molecule has 0 aliphatic rings. The number of hydrogen-bond acceptors (Lipinski definition) is 2. The maximum Gasteiger partial charge on any atom is 0.325 e. The van der Waals surface area contributed by atoms with Gasteiger partial charge in [-0.2, -0.15) is 0 Å². The van der Waals surface area contributed by atoms with Crippen LogP contribution >= 0.6 is 7.60 Å². The van der Waals surface area contributed by atoms with Gasteiger partial charge in [0, 0.05) is 7.11 Å². The van der Waals surface area contributed by atoms with Crippen LogP contribution in [0.4, 0.5) is 0 Å². The van der Waals surface area contributed by atoms with Gasteiger partial charge in [0.1, 0.15) is 0 Å². The van der Waals surface area contributed by atoms with Gasteiger partial charge in [-0.15, -0.1) is 0 Å². The van der Waals surface area contributed by atoms with Crippen molar-refractivity contribution < 1.29 is 18.8 Å². The molecule has 0 amide bonds. The first-order valence-corrected chi connectivity index (χ1v) is 7.78. The largest absolute Gasteiger partial charge is 0.420 e. The summed E-state index contributed by atoms with van der Waals surface area (Å²) in [5.41, 5.74) is 0. The first-order chi connectivity index (χ1) is 4.27. The lowest BCUT2D eigenvalue weighted by atomic mass is 11.8. The van der Waals surface area contributed by atoms with Crippen LogP contribution in [0.2, 0.25) is 13.1 Å². The molecule has 0 atom stereocenters. The summed E-state index contributed by atoms with van der Waals surface area (Å²) >= 11 is 0. The fourth-order valence-electron chi connectivity index (χ4n) is 0.561. The van der Waals surface area contributed by atoms with E-state index >= 15 is 0 Å². The van der Waals surface area contributed by atoms with Crippen molar-refractivity contribution in [3.63, 3.8) is 0 Å². The maximum atomic E-state index is 10.5. The average molecular weight is 184 g/mol. The zero-order valence-corrected chi connectivity index (χ0v) is 8.26. The highest BCUT2D eigenvalue weighted by molar-refractivity contribution is 7.54. The van der Waals surface area contributed by atoms with Crippen LogP contribution < -0.4 is 0 Å². The molecule has 0 aliphatic heterocycles. The summed E-state index contributed by atoms with van der Waals surface area (Å²) in [4.78, 5) is 17.1. The highest BCUT2D eigenvalue weighted by Gasteiger charge is 2.30. The van der Waals surface area contributed by atoms with Gasteiger partial charge in [-0.3, -0.25) is 4.57 Å². The van der Waals surface area contributed by atoms with Gasteiger partial charge in [-0.25, -0.2) is 0 Å². The van der Waals surface area contributed by atoms with E-state index in [-0.39, 0.29) is 5.79 Å². The molecule has 0 saturated carbocycles. The van der Waals surface area contributed by atoms with Crippen molar-refractivity contribution in [1.29, 1.82) is 0 Å². The molecule has 0 saturated heterocycles. The predicted octanol–water partition coefficient (Wildman–Crippen LogP) is 0.555. The molecule has 6 heteroatoms. The van der Waals surface area contributed by atoms with Crippen LogP contribution in [0.5, 0.6) is 0 Å². The molecular weight excluding hydrogens is 171 g/mol. The molecule has 0 aromatic carbocycles. The lowest BCUT2D eigenvalue weighted by Gasteiger charge is -2.19. The van der Waals surface area contributed by atoms with Crippen molar-refractivity contribution in [1.82, 2.24) is 0 Å². The normalized spacial score (nSPS) is 13.7. The highest BCUT2D eigenvalue weighted by Crippen LogP contribution is 2.37.